The van der Waals surface area contributed by atoms with Crippen LogP contribution in [0.5, 0.6) is 0 Å². The van der Waals surface area contributed by atoms with Crippen molar-refractivity contribution in [3.63, 3.8) is 0 Å². The third-order valence-electron chi connectivity index (χ3n) is 1.90. The standard InChI is InChI=1S/C10H15BrN2.ClH/c1-7(2)5-9(12)8-3-4-13-10(11)6-8;/h3-4,6-7,9H,5,12H2,1-2H3;1H/t9-;/m1./s1. The summed E-state index contributed by atoms with van der Waals surface area (Å²) < 4.78 is 0.851. The second kappa shape index (κ2) is 6.38. The summed E-state index contributed by atoms with van der Waals surface area (Å²) in [6, 6.07) is 4.07. The van der Waals surface area contributed by atoms with E-state index in [-0.39, 0.29) is 18.4 Å². The number of nitrogens with zero attached hydrogens (tertiary/aromatic N) is 1. The molecule has 4 heteroatoms. The Bertz CT molecular complexity index is 279. The van der Waals surface area contributed by atoms with Crippen molar-refractivity contribution >= 4 is 28.3 Å². The molecule has 14 heavy (non-hydrogen) atoms. The Morgan fingerprint density at radius 3 is 2.64 bits per heavy atom. The summed E-state index contributed by atoms with van der Waals surface area (Å²) >= 11 is 3.33. The second-order valence-corrected chi connectivity index (χ2v) is 4.46. The lowest BCUT2D eigenvalue weighted by Gasteiger charge is -2.14. The number of halogens is 2. The van der Waals surface area contributed by atoms with Gasteiger partial charge >= 0.3 is 0 Å². The van der Waals surface area contributed by atoms with Crippen LogP contribution < -0.4 is 5.73 Å². The van der Waals surface area contributed by atoms with Gasteiger partial charge in [0, 0.05) is 12.2 Å². The Kier molecular flexibility index (Phi) is 6.33. The zero-order chi connectivity index (χ0) is 9.84. The van der Waals surface area contributed by atoms with Crippen LogP contribution in [0.3, 0.4) is 0 Å². The topological polar surface area (TPSA) is 38.9 Å². The molecule has 1 rings (SSSR count). The average Bonchev–Trinajstić information content (AvgIpc) is 2.03. The summed E-state index contributed by atoms with van der Waals surface area (Å²) in [5, 5.41) is 0. The van der Waals surface area contributed by atoms with Crippen LogP contribution in [0, 0.1) is 5.92 Å². The Hall–Kier alpha value is -0.120. The van der Waals surface area contributed by atoms with Crippen molar-refractivity contribution in [2.24, 2.45) is 11.7 Å². The molecule has 0 saturated carbocycles. The summed E-state index contributed by atoms with van der Waals surface area (Å²) in [5.41, 5.74) is 7.16. The molecule has 0 aliphatic rings. The second-order valence-electron chi connectivity index (χ2n) is 3.65. The normalized spacial score (nSPS) is 12.4. The van der Waals surface area contributed by atoms with E-state index in [9.17, 15) is 0 Å². The molecule has 0 aliphatic heterocycles. The van der Waals surface area contributed by atoms with E-state index in [0.717, 1.165) is 16.6 Å². The molecule has 1 aromatic rings. The fourth-order valence-corrected chi connectivity index (χ4v) is 1.67. The van der Waals surface area contributed by atoms with E-state index in [2.05, 4.69) is 34.8 Å². The lowest BCUT2D eigenvalue weighted by molar-refractivity contribution is 0.509. The zero-order valence-corrected chi connectivity index (χ0v) is 10.8. The van der Waals surface area contributed by atoms with Crippen LogP contribution in [-0.4, -0.2) is 4.98 Å². The van der Waals surface area contributed by atoms with Crippen LogP contribution in [0.15, 0.2) is 22.9 Å². The summed E-state index contributed by atoms with van der Waals surface area (Å²) in [4.78, 5) is 4.06. The van der Waals surface area contributed by atoms with Gasteiger partial charge in [0.15, 0.2) is 0 Å². The summed E-state index contributed by atoms with van der Waals surface area (Å²) in [6.07, 6.45) is 2.79. The molecule has 0 aromatic carbocycles. The molecule has 0 saturated heterocycles. The Morgan fingerprint density at radius 2 is 2.14 bits per heavy atom. The molecular weight excluding hydrogens is 263 g/mol. The molecule has 0 unspecified atom stereocenters. The molecule has 0 fully saturated rings. The van der Waals surface area contributed by atoms with E-state index in [4.69, 9.17) is 5.73 Å². The fraction of sp³-hybridized carbons (Fsp3) is 0.500. The molecule has 0 amide bonds. The molecule has 0 radical (unpaired) electrons. The van der Waals surface area contributed by atoms with Gasteiger partial charge in [0.25, 0.3) is 0 Å². The van der Waals surface area contributed by atoms with Gasteiger partial charge in [-0.2, -0.15) is 0 Å². The van der Waals surface area contributed by atoms with Gasteiger partial charge in [-0.05, 0) is 46.0 Å². The van der Waals surface area contributed by atoms with Crippen molar-refractivity contribution in [2.45, 2.75) is 26.3 Å². The molecule has 2 N–H and O–H groups in total. The van der Waals surface area contributed by atoms with Gasteiger partial charge in [-0.15, -0.1) is 12.4 Å². The number of aromatic nitrogens is 1. The maximum absolute atomic E-state index is 6.02. The van der Waals surface area contributed by atoms with E-state index in [0.29, 0.717) is 5.92 Å². The van der Waals surface area contributed by atoms with Gasteiger partial charge in [0.2, 0.25) is 0 Å². The Morgan fingerprint density at radius 1 is 1.50 bits per heavy atom. The van der Waals surface area contributed by atoms with Crippen molar-refractivity contribution < 1.29 is 0 Å². The first-order valence-electron chi connectivity index (χ1n) is 4.46. The highest BCUT2D eigenvalue weighted by Gasteiger charge is 2.08. The Labute approximate surface area is 99.8 Å². The Balaban J connectivity index is 0.00000169. The number of hydrogen-bond donors (Lipinski definition) is 1. The van der Waals surface area contributed by atoms with Crippen molar-refractivity contribution in [3.05, 3.63) is 28.5 Å². The summed E-state index contributed by atoms with van der Waals surface area (Å²) in [6.45, 7) is 4.35. The van der Waals surface area contributed by atoms with Gasteiger partial charge in [0.1, 0.15) is 4.60 Å². The van der Waals surface area contributed by atoms with Crippen molar-refractivity contribution in [3.8, 4) is 0 Å². The van der Waals surface area contributed by atoms with E-state index in [1.54, 1.807) is 6.20 Å². The molecule has 80 valence electrons. The van der Waals surface area contributed by atoms with Crippen LogP contribution in [0.1, 0.15) is 31.9 Å². The zero-order valence-electron chi connectivity index (χ0n) is 8.40. The van der Waals surface area contributed by atoms with Crippen molar-refractivity contribution in [2.75, 3.05) is 0 Å². The molecule has 0 bridgehead atoms. The van der Waals surface area contributed by atoms with Gasteiger partial charge in [-0.1, -0.05) is 13.8 Å². The first-order valence-corrected chi connectivity index (χ1v) is 5.26. The first kappa shape index (κ1) is 13.9. The van der Waals surface area contributed by atoms with E-state index in [1.165, 1.54) is 0 Å². The largest absolute Gasteiger partial charge is 0.324 e. The third kappa shape index (κ3) is 4.40. The third-order valence-corrected chi connectivity index (χ3v) is 2.34. The number of nitrogens with two attached hydrogens (primary N) is 1. The van der Waals surface area contributed by atoms with Crippen molar-refractivity contribution in [1.29, 1.82) is 0 Å². The lowest BCUT2D eigenvalue weighted by atomic mass is 9.99. The highest BCUT2D eigenvalue weighted by atomic mass is 79.9. The highest BCUT2D eigenvalue weighted by Crippen LogP contribution is 2.20. The predicted molar refractivity (Wildman–Crippen MR) is 65.6 cm³/mol. The minimum Gasteiger partial charge on any atom is -0.324 e. The number of rotatable bonds is 3. The van der Waals surface area contributed by atoms with Crippen LogP contribution >= 0.6 is 28.3 Å². The molecule has 0 aliphatic carbocycles. The minimum absolute atomic E-state index is 0. The first-order chi connectivity index (χ1) is 6.09. The fourth-order valence-electron chi connectivity index (χ4n) is 1.29. The molecule has 0 spiro atoms. The highest BCUT2D eigenvalue weighted by molar-refractivity contribution is 9.10. The molecular formula is C10H16BrClN2. The van der Waals surface area contributed by atoms with Crippen molar-refractivity contribution in [1.82, 2.24) is 4.98 Å². The van der Waals surface area contributed by atoms with E-state index in [1.807, 2.05) is 12.1 Å². The minimum atomic E-state index is 0. The number of pyridine rings is 1. The lowest BCUT2D eigenvalue weighted by Crippen LogP contribution is -2.12. The van der Waals surface area contributed by atoms with Crippen LogP contribution in [0.4, 0.5) is 0 Å². The van der Waals surface area contributed by atoms with Gasteiger partial charge in [-0.25, -0.2) is 4.98 Å². The molecule has 1 aromatic heterocycles. The van der Waals surface area contributed by atoms with Crippen LogP contribution in [-0.2, 0) is 0 Å². The summed E-state index contributed by atoms with van der Waals surface area (Å²) in [7, 11) is 0. The monoisotopic (exact) mass is 278 g/mol. The van der Waals surface area contributed by atoms with Crippen LogP contribution in [0.2, 0.25) is 0 Å². The van der Waals surface area contributed by atoms with Gasteiger partial charge in [-0.3, -0.25) is 0 Å². The average molecular weight is 280 g/mol. The van der Waals surface area contributed by atoms with Gasteiger partial charge < -0.3 is 5.73 Å². The maximum atomic E-state index is 6.02. The summed E-state index contributed by atoms with van der Waals surface area (Å²) in [5.74, 6) is 0.627. The van der Waals surface area contributed by atoms with Gasteiger partial charge in [0.05, 0.1) is 0 Å². The molecule has 1 heterocycles. The molecule has 1 atom stereocenters. The van der Waals surface area contributed by atoms with Crippen LogP contribution in [0.25, 0.3) is 0 Å². The maximum Gasteiger partial charge on any atom is 0.106 e. The molecule has 2 nitrogen and oxygen atoms in total. The smallest absolute Gasteiger partial charge is 0.106 e. The predicted octanol–water partition coefficient (Wildman–Crippen LogP) is 3.31. The van der Waals surface area contributed by atoms with E-state index >= 15 is 0 Å². The van der Waals surface area contributed by atoms with E-state index < -0.39 is 0 Å². The SMILES string of the molecule is CC(C)C[C@@H](N)c1ccnc(Br)c1.Cl. The number of hydrogen-bond acceptors (Lipinski definition) is 2. The quantitative estimate of drug-likeness (QED) is 0.862.